The topological polar surface area (TPSA) is 63.3 Å². The molecule has 0 saturated heterocycles. The average molecular weight is 324 g/mol. The summed E-state index contributed by atoms with van der Waals surface area (Å²) in [5.74, 6) is -0.642. The van der Waals surface area contributed by atoms with Crippen molar-refractivity contribution in [3.05, 3.63) is 40.1 Å². The van der Waals surface area contributed by atoms with Crippen LogP contribution >= 0.6 is 15.9 Å². The highest BCUT2D eigenvalue weighted by Gasteiger charge is 2.31. The minimum Gasteiger partial charge on any atom is -0.477 e. The van der Waals surface area contributed by atoms with Crippen LogP contribution in [-0.4, -0.2) is 16.2 Å². The predicted octanol–water partition coefficient (Wildman–Crippen LogP) is 4.10. The number of halogens is 1. The van der Waals surface area contributed by atoms with Crippen molar-refractivity contribution in [3.63, 3.8) is 0 Å². The van der Waals surface area contributed by atoms with Gasteiger partial charge in [0.15, 0.2) is 5.76 Å². The second kappa shape index (κ2) is 4.81. The van der Waals surface area contributed by atoms with Gasteiger partial charge >= 0.3 is 5.97 Å². The average Bonchev–Trinajstić information content (AvgIpc) is 2.72. The largest absolute Gasteiger partial charge is 0.477 e. The van der Waals surface area contributed by atoms with Gasteiger partial charge in [-0.2, -0.15) is 0 Å². The third-order valence-electron chi connectivity index (χ3n) is 2.69. The number of benzene rings is 1. The van der Waals surface area contributed by atoms with Gasteiger partial charge in [0.05, 0.1) is 0 Å². The lowest BCUT2D eigenvalue weighted by Crippen LogP contribution is -2.15. The van der Waals surface area contributed by atoms with Gasteiger partial charge < -0.3 is 9.63 Å². The summed E-state index contributed by atoms with van der Waals surface area (Å²) in [6, 6.07) is 7.32. The van der Waals surface area contributed by atoms with E-state index in [4.69, 9.17) is 4.52 Å². The fraction of sp³-hybridized carbons (Fsp3) is 0.286. The van der Waals surface area contributed by atoms with Crippen molar-refractivity contribution in [2.75, 3.05) is 0 Å². The lowest BCUT2D eigenvalue weighted by molar-refractivity contribution is 0.0693. The first-order chi connectivity index (χ1) is 8.80. The van der Waals surface area contributed by atoms with Crippen LogP contribution in [0.4, 0.5) is 0 Å². The monoisotopic (exact) mass is 323 g/mol. The molecule has 0 radical (unpaired) electrons. The zero-order chi connectivity index (χ0) is 14.2. The maximum absolute atomic E-state index is 11.5. The molecule has 0 atom stereocenters. The molecule has 4 nitrogen and oxygen atoms in total. The Labute approximate surface area is 119 Å². The zero-order valence-corrected chi connectivity index (χ0v) is 12.5. The van der Waals surface area contributed by atoms with Crippen molar-refractivity contribution in [1.29, 1.82) is 0 Å². The Morgan fingerprint density at radius 2 is 2.05 bits per heavy atom. The second-order valence-corrected chi connectivity index (χ2v) is 6.22. The van der Waals surface area contributed by atoms with Crippen molar-refractivity contribution in [2.45, 2.75) is 26.2 Å². The third-order valence-corrected chi connectivity index (χ3v) is 3.18. The van der Waals surface area contributed by atoms with Crippen LogP contribution in [0.1, 0.15) is 36.9 Å². The first kappa shape index (κ1) is 13.8. The first-order valence-electron chi connectivity index (χ1n) is 5.80. The lowest BCUT2D eigenvalue weighted by Gasteiger charge is -2.14. The van der Waals surface area contributed by atoms with Gasteiger partial charge in [0.25, 0.3) is 0 Å². The molecule has 100 valence electrons. The van der Waals surface area contributed by atoms with Crippen LogP contribution in [0.5, 0.6) is 0 Å². The van der Waals surface area contributed by atoms with Gasteiger partial charge in [-0.1, -0.05) is 54.0 Å². The molecule has 5 heteroatoms. The maximum Gasteiger partial charge on any atom is 0.341 e. The summed E-state index contributed by atoms with van der Waals surface area (Å²) in [7, 11) is 0. The van der Waals surface area contributed by atoms with Crippen molar-refractivity contribution >= 4 is 21.9 Å². The Hall–Kier alpha value is -1.62. The third kappa shape index (κ3) is 2.71. The molecule has 0 aliphatic heterocycles. The normalized spacial score (nSPS) is 11.6. The molecule has 1 aromatic carbocycles. The van der Waals surface area contributed by atoms with Gasteiger partial charge in [0, 0.05) is 15.5 Å². The first-order valence-corrected chi connectivity index (χ1v) is 6.59. The van der Waals surface area contributed by atoms with Crippen molar-refractivity contribution in [2.24, 2.45) is 0 Å². The van der Waals surface area contributed by atoms with Crippen LogP contribution in [0.2, 0.25) is 0 Å². The van der Waals surface area contributed by atoms with Crippen LogP contribution in [0.15, 0.2) is 33.3 Å². The van der Waals surface area contributed by atoms with E-state index in [0.717, 1.165) is 4.47 Å². The van der Waals surface area contributed by atoms with Crippen LogP contribution in [0.25, 0.3) is 11.3 Å². The fourth-order valence-corrected chi connectivity index (χ4v) is 2.23. The standard InChI is InChI=1S/C14H14BrNO3/c1-14(2,3)12-10(13(17)18)11(16-19-12)8-5-4-6-9(15)7-8/h4-7H,1-3H3,(H,17,18). The van der Waals surface area contributed by atoms with E-state index in [9.17, 15) is 9.90 Å². The van der Waals surface area contributed by atoms with Crippen LogP contribution in [-0.2, 0) is 5.41 Å². The molecule has 1 heterocycles. The molecule has 1 N–H and O–H groups in total. The summed E-state index contributed by atoms with van der Waals surface area (Å²) >= 11 is 3.36. The molecule has 0 saturated carbocycles. The summed E-state index contributed by atoms with van der Waals surface area (Å²) in [5.41, 5.74) is 0.792. The summed E-state index contributed by atoms with van der Waals surface area (Å²) in [4.78, 5) is 11.5. The maximum atomic E-state index is 11.5. The molecule has 0 aliphatic rings. The van der Waals surface area contributed by atoms with E-state index in [1.807, 2.05) is 45.0 Å². The number of carbonyl (C=O) groups is 1. The Balaban J connectivity index is 2.66. The number of nitrogens with zero attached hydrogens (tertiary/aromatic N) is 1. The summed E-state index contributed by atoms with van der Waals surface area (Å²) in [5, 5.41) is 13.4. The minimum atomic E-state index is -1.03. The van der Waals surface area contributed by atoms with Crippen molar-refractivity contribution in [1.82, 2.24) is 5.16 Å². The second-order valence-electron chi connectivity index (χ2n) is 5.30. The molecule has 19 heavy (non-hydrogen) atoms. The van der Waals surface area contributed by atoms with Gasteiger partial charge in [-0.25, -0.2) is 4.79 Å². The predicted molar refractivity (Wildman–Crippen MR) is 75.3 cm³/mol. The van der Waals surface area contributed by atoms with Gasteiger partial charge in [-0.05, 0) is 12.1 Å². The van der Waals surface area contributed by atoms with E-state index in [-0.39, 0.29) is 5.56 Å². The smallest absolute Gasteiger partial charge is 0.341 e. The van der Waals surface area contributed by atoms with Gasteiger partial charge in [-0.15, -0.1) is 0 Å². The number of hydrogen-bond acceptors (Lipinski definition) is 3. The number of carboxylic acid groups (broad SMARTS) is 1. The highest BCUT2D eigenvalue weighted by Crippen LogP contribution is 2.33. The number of aromatic carboxylic acids is 1. The summed E-state index contributed by atoms with van der Waals surface area (Å²) < 4.78 is 6.13. The molecular formula is C14H14BrNO3. The van der Waals surface area contributed by atoms with E-state index < -0.39 is 11.4 Å². The Bertz CT molecular complexity index is 626. The number of carboxylic acids is 1. The van der Waals surface area contributed by atoms with Crippen LogP contribution in [0.3, 0.4) is 0 Å². The molecule has 2 aromatic rings. The highest BCUT2D eigenvalue weighted by molar-refractivity contribution is 9.10. The van der Waals surface area contributed by atoms with Crippen LogP contribution in [0, 0.1) is 0 Å². The Kier molecular flexibility index (Phi) is 3.49. The Morgan fingerprint density at radius 3 is 2.58 bits per heavy atom. The summed E-state index contributed by atoms with van der Waals surface area (Å²) in [6.07, 6.45) is 0. The molecule has 0 amide bonds. The molecule has 0 bridgehead atoms. The van der Waals surface area contributed by atoms with Gasteiger partial charge in [0.2, 0.25) is 0 Å². The van der Waals surface area contributed by atoms with Gasteiger partial charge in [0.1, 0.15) is 11.3 Å². The van der Waals surface area contributed by atoms with E-state index in [0.29, 0.717) is 17.0 Å². The molecule has 0 fully saturated rings. The fourth-order valence-electron chi connectivity index (χ4n) is 1.83. The SMILES string of the molecule is CC(C)(C)c1onc(-c2cccc(Br)c2)c1C(=O)O. The zero-order valence-electron chi connectivity index (χ0n) is 10.9. The molecule has 0 spiro atoms. The molecular weight excluding hydrogens is 310 g/mol. The lowest BCUT2D eigenvalue weighted by atomic mass is 9.89. The Morgan fingerprint density at radius 1 is 1.37 bits per heavy atom. The summed E-state index contributed by atoms with van der Waals surface area (Å²) in [6.45, 7) is 5.68. The van der Waals surface area contributed by atoms with Gasteiger partial charge in [-0.3, -0.25) is 0 Å². The van der Waals surface area contributed by atoms with E-state index in [1.165, 1.54) is 0 Å². The molecule has 2 rings (SSSR count). The number of aromatic nitrogens is 1. The quantitative estimate of drug-likeness (QED) is 0.903. The van der Waals surface area contributed by atoms with Crippen molar-refractivity contribution < 1.29 is 14.4 Å². The van der Waals surface area contributed by atoms with E-state index >= 15 is 0 Å². The van der Waals surface area contributed by atoms with Crippen molar-refractivity contribution in [3.8, 4) is 11.3 Å². The van der Waals surface area contributed by atoms with E-state index in [1.54, 1.807) is 0 Å². The minimum absolute atomic E-state index is 0.130. The van der Waals surface area contributed by atoms with Crippen LogP contribution < -0.4 is 0 Å². The molecule has 1 aromatic heterocycles. The molecule has 0 unspecified atom stereocenters. The van der Waals surface area contributed by atoms with E-state index in [2.05, 4.69) is 21.1 Å². The number of rotatable bonds is 2. The highest BCUT2D eigenvalue weighted by atomic mass is 79.9. The number of hydrogen-bond donors (Lipinski definition) is 1. The molecule has 0 aliphatic carbocycles.